The molecule has 0 spiro atoms. The van der Waals surface area contributed by atoms with E-state index in [0.717, 1.165) is 49.2 Å². The Hall–Kier alpha value is -2.60. The van der Waals surface area contributed by atoms with E-state index in [1.54, 1.807) is 12.4 Å². The summed E-state index contributed by atoms with van der Waals surface area (Å²) in [5, 5.41) is 8.21. The number of hydrogen-bond acceptors (Lipinski definition) is 3. The van der Waals surface area contributed by atoms with Gasteiger partial charge in [-0.1, -0.05) is 18.2 Å². The van der Waals surface area contributed by atoms with E-state index in [2.05, 4.69) is 15.4 Å². The van der Waals surface area contributed by atoms with Crippen LogP contribution in [0.15, 0.2) is 42.9 Å². The summed E-state index contributed by atoms with van der Waals surface area (Å²) in [4.78, 5) is 15.6. The third-order valence-corrected chi connectivity index (χ3v) is 4.51. The van der Waals surface area contributed by atoms with E-state index in [-0.39, 0.29) is 5.91 Å². The van der Waals surface area contributed by atoms with Gasteiger partial charge in [0.15, 0.2) is 0 Å². The second-order valence-electron chi connectivity index (χ2n) is 6.21. The highest BCUT2D eigenvalue weighted by Crippen LogP contribution is 2.20. The van der Waals surface area contributed by atoms with Gasteiger partial charge in [0.2, 0.25) is 0 Å². The number of amides is 1. The van der Waals surface area contributed by atoms with Crippen LogP contribution in [0.25, 0.3) is 10.9 Å². The van der Waals surface area contributed by atoms with E-state index >= 15 is 0 Å². The Morgan fingerprint density at radius 2 is 2.17 bits per heavy atom. The maximum Gasteiger partial charge on any atom is 0.257 e. The number of rotatable bonds is 4. The SMILES string of the molecule is O=C(Nc1cnn(CC2CCOCC2)c1)c1c[nH]c2ccccc12. The molecule has 6 heteroatoms. The van der Waals surface area contributed by atoms with Crippen molar-refractivity contribution in [3.63, 3.8) is 0 Å². The second-order valence-corrected chi connectivity index (χ2v) is 6.21. The van der Waals surface area contributed by atoms with Crippen LogP contribution in [0.1, 0.15) is 23.2 Å². The molecule has 0 unspecified atom stereocenters. The molecular weight excluding hydrogens is 304 g/mol. The molecule has 1 amide bonds. The van der Waals surface area contributed by atoms with Crippen molar-refractivity contribution in [3.05, 3.63) is 48.4 Å². The van der Waals surface area contributed by atoms with Gasteiger partial charge in [0.1, 0.15) is 0 Å². The first kappa shape index (κ1) is 15.0. The van der Waals surface area contributed by atoms with Gasteiger partial charge < -0.3 is 15.0 Å². The number of aromatic nitrogens is 3. The van der Waals surface area contributed by atoms with Gasteiger partial charge >= 0.3 is 0 Å². The van der Waals surface area contributed by atoms with E-state index in [0.29, 0.717) is 11.5 Å². The molecular formula is C18H20N4O2. The third kappa shape index (κ3) is 3.05. The van der Waals surface area contributed by atoms with Gasteiger partial charge in [0.05, 0.1) is 17.4 Å². The fourth-order valence-corrected chi connectivity index (χ4v) is 3.18. The van der Waals surface area contributed by atoms with Crippen LogP contribution < -0.4 is 5.32 Å². The largest absolute Gasteiger partial charge is 0.381 e. The average molecular weight is 324 g/mol. The van der Waals surface area contributed by atoms with Crippen LogP contribution in [0.5, 0.6) is 0 Å². The first-order valence-corrected chi connectivity index (χ1v) is 8.27. The summed E-state index contributed by atoms with van der Waals surface area (Å²) >= 11 is 0. The molecule has 1 aliphatic rings. The van der Waals surface area contributed by atoms with Crippen LogP contribution in [-0.4, -0.2) is 33.9 Å². The standard InChI is InChI=1S/C18H20N4O2/c23-18(16-10-19-17-4-2-1-3-15(16)17)21-14-9-20-22(12-14)11-13-5-7-24-8-6-13/h1-4,9-10,12-13,19H,5-8,11H2,(H,21,23). The molecule has 2 N–H and O–H groups in total. The van der Waals surface area contributed by atoms with Gasteiger partial charge in [-0.25, -0.2) is 0 Å². The minimum atomic E-state index is -0.127. The molecule has 124 valence electrons. The minimum absolute atomic E-state index is 0.127. The van der Waals surface area contributed by atoms with Crippen molar-refractivity contribution < 1.29 is 9.53 Å². The Kier molecular flexibility index (Phi) is 4.04. The predicted molar refractivity (Wildman–Crippen MR) is 92.0 cm³/mol. The summed E-state index contributed by atoms with van der Waals surface area (Å²) < 4.78 is 7.29. The van der Waals surface area contributed by atoms with E-state index in [4.69, 9.17) is 4.74 Å². The molecule has 0 bridgehead atoms. The molecule has 4 rings (SSSR count). The molecule has 0 atom stereocenters. The van der Waals surface area contributed by atoms with Crippen molar-refractivity contribution in [3.8, 4) is 0 Å². The first-order chi connectivity index (χ1) is 11.8. The number of benzene rings is 1. The summed E-state index contributed by atoms with van der Waals surface area (Å²) in [7, 11) is 0. The monoisotopic (exact) mass is 324 g/mol. The van der Waals surface area contributed by atoms with E-state index in [1.165, 1.54) is 0 Å². The fraction of sp³-hybridized carbons (Fsp3) is 0.333. The van der Waals surface area contributed by atoms with Gasteiger partial charge in [0, 0.05) is 43.1 Å². The highest BCUT2D eigenvalue weighted by atomic mass is 16.5. The summed E-state index contributed by atoms with van der Waals surface area (Å²) in [6.07, 6.45) is 7.47. The lowest BCUT2D eigenvalue weighted by Crippen LogP contribution is -2.20. The lowest BCUT2D eigenvalue weighted by atomic mass is 10.0. The summed E-state index contributed by atoms with van der Waals surface area (Å²) in [5.74, 6) is 0.467. The number of para-hydroxylation sites is 1. The molecule has 2 aromatic heterocycles. The summed E-state index contributed by atoms with van der Waals surface area (Å²) in [6.45, 7) is 2.53. The number of hydrogen-bond donors (Lipinski definition) is 2. The number of carbonyl (C=O) groups excluding carboxylic acids is 1. The maximum atomic E-state index is 12.5. The lowest BCUT2D eigenvalue weighted by molar-refractivity contribution is 0.0601. The number of aromatic amines is 1. The van der Waals surface area contributed by atoms with Gasteiger partial charge in [0.25, 0.3) is 5.91 Å². The van der Waals surface area contributed by atoms with Crippen molar-refractivity contribution in [1.29, 1.82) is 0 Å². The number of anilines is 1. The summed E-state index contributed by atoms with van der Waals surface area (Å²) in [6, 6.07) is 7.77. The molecule has 1 aliphatic heterocycles. The number of carbonyl (C=O) groups is 1. The number of nitrogens with zero attached hydrogens (tertiary/aromatic N) is 2. The van der Waals surface area contributed by atoms with E-state index in [1.807, 2.05) is 35.1 Å². The molecule has 0 aliphatic carbocycles. The summed E-state index contributed by atoms with van der Waals surface area (Å²) in [5.41, 5.74) is 2.32. The highest BCUT2D eigenvalue weighted by molar-refractivity contribution is 6.12. The molecule has 6 nitrogen and oxygen atoms in total. The Morgan fingerprint density at radius 1 is 1.33 bits per heavy atom. The molecule has 24 heavy (non-hydrogen) atoms. The number of H-pyrrole nitrogens is 1. The molecule has 1 saturated heterocycles. The molecule has 0 saturated carbocycles. The van der Waals surface area contributed by atoms with Gasteiger partial charge in [-0.2, -0.15) is 5.10 Å². The Morgan fingerprint density at radius 3 is 3.04 bits per heavy atom. The van der Waals surface area contributed by atoms with Crippen LogP contribution in [0.3, 0.4) is 0 Å². The fourth-order valence-electron chi connectivity index (χ4n) is 3.18. The number of ether oxygens (including phenoxy) is 1. The molecule has 1 fully saturated rings. The molecule has 3 heterocycles. The zero-order valence-corrected chi connectivity index (χ0v) is 13.4. The number of nitrogens with one attached hydrogen (secondary N) is 2. The van der Waals surface area contributed by atoms with Gasteiger partial charge in [-0.15, -0.1) is 0 Å². The Labute approximate surface area is 139 Å². The van der Waals surface area contributed by atoms with Crippen molar-refractivity contribution >= 4 is 22.5 Å². The minimum Gasteiger partial charge on any atom is -0.381 e. The maximum absolute atomic E-state index is 12.5. The lowest BCUT2D eigenvalue weighted by Gasteiger charge is -2.21. The topological polar surface area (TPSA) is 71.9 Å². The average Bonchev–Trinajstić information content (AvgIpc) is 3.22. The number of fused-ring (bicyclic) bond motifs is 1. The van der Waals surface area contributed by atoms with Crippen molar-refractivity contribution in [2.45, 2.75) is 19.4 Å². The normalized spacial score (nSPS) is 15.7. The van der Waals surface area contributed by atoms with Crippen molar-refractivity contribution in [1.82, 2.24) is 14.8 Å². The quantitative estimate of drug-likeness (QED) is 0.775. The zero-order valence-electron chi connectivity index (χ0n) is 13.4. The van der Waals surface area contributed by atoms with Gasteiger partial charge in [-0.3, -0.25) is 9.48 Å². The molecule has 3 aromatic rings. The Bertz CT molecular complexity index is 845. The van der Waals surface area contributed by atoms with Crippen LogP contribution in [0.4, 0.5) is 5.69 Å². The first-order valence-electron chi connectivity index (χ1n) is 8.27. The zero-order chi connectivity index (χ0) is 16.4. The van der Waals surface area contributed by atoms with Crippen LogP contribution in [-0.2, 0) is 11.3 Å². The van der Waals surface area contributed by atoms with Gasteiger partial charge in [-0.05, 0) is 24.8 Å². The Balaban J connectivity index is 1.44. The smallest absolute Gasteiger partial charge is 0.257 e. The second kappa shape index (κ2) is 6.49. The predicted octanol–water partition coefficient (Wildman–Crippen LogP) is 3.04. The third-order valence-electron chi connectivity index (χ3n) is 4.51. The van der Waals surface area contributed by atoms with E-state index < -0.39 is 0 Å². The van der Waals surface area contributed by atoms with Crippen LogP contribution >= 0.6 is 0 Å². The van der Waals surface area contributed by atoms with E-state index in [9.17, 15) is 4.79 Å². The molecule has 0 radical (unpaired) electrons. The van der Waals surface area contributed by atoms with Crippen molar-refractivity contribution in [2.24, 2.45) is 5.92 Å². The molecule has 1 aromatic carbocycles. The van der Waals surface area contributed by atoms with Crippen molar-refractivity contribution in [2.75, 3.05) is 18.5 Å². The highest BCUT2D eigenvalue weighted by Gasteiger charge is 2.16. The van der Waals surface area contributed by atoms with Crippen LogP contribution in [0.2, 0.25) is 0 Å². The van der Waals surface area contributed by atoms with Crippen LogP contribution in [0, 0.1) is 5.92 Å².